The first-order valence-corrected chi connectivity index (χ1v) is 7.83. The maximum absolute atomic E-state index is 4.37. The van der Waals surface area contributed by atoms with E-state index in [0.29, 0.717) is 12.0 Å². The molecule has 1 N–H and O–H groups in total. The van der Waals surface area contributed by atoms with Gasteiger partial charge in [-0.2, -0.15) is 5.10 Å². The van der Waals surface area contributed by atoms with Crippen molar-refractivity contribution < 1.29 is 0 Å². The fourth-order valence-electron chi connectivity index (χ4n) is 2.67. The van der Waals surface area contributed by atoms with Crippen LogP contribution in [0.25, 0.3) is 0 Å². The molecule has 1 atom stereocenters. The number of aromatic nitrogens is 2. The van der Waals surface area contributed by atoms with E-state index < -0.39 is 0 Å². The molecule has 0 aliphatic carbocycles. The van der Waals surface area contributed by atoms with Crippen LogP contribution in [0.15, 0.2) is 30.5 Å². The van der Waals surface area contributed by atoms with Crippen LogP contribution in [0, 0.1) is 6.92 Å². The lowest BCUT2D eigenvalue weighted by Gasteiger charge is -2.18. The molecule has 1 aromatic carbocycles. The lowest BCUT2D eigenvalue weighted by atomic mass is 9.96. The topological polar surface area (TPSA) is 29.9 Å². The van der Waals surface area contributed by atoms with Crippen molar-refractivity contribution in [1.29, 1.82) is 0 Å². The van der Waals surface area contributed by atoms with Crippen molar-refractivity contribution in [3.05, 3.63) is 52.8 Å². The average Bonchev–Trinajstić information content (AvgIpc) is 2.79. The van der Waals surface area contributed by atoms with Gasteiger partial charge in [0.2, 0.25) is 0 Å². The first-order chi connectivity index (χ1) is 10.0. The van der Waals surface area contributed by atoms with Gasteiger partial charge in [0.15, 0.2) is 0 Å². The van der Waals surface area contributed by atoms with Crippen molar-refractivity contribution in [2.45, 2.75) is 46.1 Å². The highest BCUT2D eigenvalue weighted by atomic mass is 15.3. The lowest BCUT2D eigenvalue weighted by molar-refractivity contribution is 0.546. The Morgan fingerprint density at radius 2 is 1.86 bits per heavy atom. The van der Waals surface area contributed by atoms with Crippen molar-refractivity contribution in [1.82, 2.24) is 15.1 Å². The van der Waals surface area contributed by atoms with Gasteiger partial charge in [-0.25, -0.2) is 0 Å². The molecular formula is C18H27N3. The van der Waals surface area contributed by atoms with Gasteiger partial charge < -0.3 is 5.32 Å². The van der Waals surface area contributed by atoms with Gasteiger partial charge in [-0.1, -0.05) is 45.0 Å². The van der Waals surface area contributed by atoms with Crippen molar-refractivity contribution in [2.24, 2.45) is 7.05 Å². The minimum Gasteiger partial charge on any atom is -0.310 e. The second kappa shape index (κ2) is 6.90. The highest BCUT2D eigenvalue weighted by Gasteiger charge is 2.16. The number of hydrogen-bond donors (Lipinski definition) is 1. The van der Waals surface area contributed by atoms with Gasteiger partial charge in [0, 0.05) is 24.3 Å². The van der Waals surface area contributed by atoms with Crippen LogP contribution >= 0.6 is 0 Å². The minimum absolute atomic E-state index is 0.327. The van der Waals surface area contributed by atoms with Crippen LogP contribution in [0.5, 0.6) is 0 Å². The van der Waals surface area contributed by atoms with Crippen LogP contribution < -0.4 is 5.32 Å². The molecule has 1 aromatic heterocycles. The van der Waals surface area contributed by atoms with E-state index in [1.165, 1.54) is 22.4 Å². The van der Waals surface area contributed by atoms with Crippen LogP contribution in [0.1, 0.15) is 55.1 Å². The monoisotopic (exact) mass is 285 g/mol. The summed E-state index contributed by atoms with van der Waals surface area (Å²) in [6, 6.07) is 9.34. The zero-order chi connectivity index (χ0) is 15.4. The largest absolute Gasteiger partial charge is 0.310 e. The number of hydrogen-bond acceptors (Lipinski definition) is 2. The molecule has 114 valence electrons. The van der Waals surface area contributed by atoms with Crippen molar-refractivity contribution in [3.63, 3.8) is 0 Å². The van der Waals surface area contributed by atoms with E-state index in [9.17, 15) is 0 Å². The van der Waals surface area contributed by atoms with Gasteiger partial charge in [-0.3, -0.25) is 4.68 Å². The summed E-state index contributed by atoms with van der Waals surface area (Å²) in [6.07, 6.45) is 2.99. The highest BCUT2D eigenvalue weighted by Crippen LogP contribution is 2.22. The molecule has 0 amide bonds. The van der Waals surface area contributed by atoms with E-state index in [0.717, 1.165) is 13.0 Å². The minimum atomic E-state index is 0.327. The average molecular weight is 285 g/mol. The summed E-state index contributed by atoms with van der Waals surface area (Å²) < 4.78 is 1.95. The van der Waals surface area contributed by atoms with E-state index in [-0.39, 0.29) is 0 Å². The molecule has 2 aromatic rings. The summed E-state index contributed by atoms with van der Waals surface area (Å²) in [7, 11) is 2.00. The molecule has 0 saturated carbocycles. The van der Waals surface area contributed by atoms with Gasteiger partial charge in [0.1, 0.15) is 0 Å². The Kier molecular flexibility index (Phi) is 5.18. The number of rotatable bonds is 6. The van der Waals surface area contributed by atoms with Crippen LogP contribution in [0.4, 0.5) is 0 Å². The SMILES string of the molecule is CCNC(Cc1ccc(C(C)C)cc1)c1cnn(C)c1C. The standard InChI is InChI=1S/C18H27N3/c1-6-19-18(17-12-20-21(5)14(17)4)11-15-7-9-16(10-8-15)13(2)3/h7-10,12-13,18-19H,6,11H2,1-5H3. The normalized spacial score (nSPS) is 12.9. The molecule has 0 aliphatic heterocycles. The zero-order valence-electron chi connectivity index (χ0n) is 13.9. The quantitative estimate of drug-likeness (QED) is 0.876. The Labute approximate surface area is 128 Å². The molecule has 0 saturated heterocycles. The maximum atomic E-state index is 4.37. The molecular weight excluding hydrogens is 258 g/mol. The molecule has 0 spiro atoms. The van der Waals surface area contributed by atoms with Gasteiger partial charge in [0.25, 0.3) is 0 Å². The number of nitrogens with zero attached hydrogens (tertiary/aromatic N) is 2. The summed E-state index contributed by atoms with van der Waals surface area (Å²) in [5, 5.41) is 7.96. The van der Waals surface area contributed by atoms with Crippen LogP contribution in [-0.4, -0.2) is 16.3 Å². The maximum Gasteiger partial charge on any atom is 0.0540 e. The molecule has 0 aliphatic rings. The molecule has 3 nitrogen and oxygen atoms in total. The molecule has 3 heteroatoms. The van der Waals surface area contributed by atoms with Gasteiger partial charge >= 0.3 is 0 Å². The lowest BCUT2D eigenvalue weighted by Crippen LogP contribution is -2.23. The molecule has 21 heavy (non-hydrogen) atoms. The Morgan fingerprint density at radius 3 is 2.33 bits per heavy atom. The van der Waals surface area contributed by atoms with Gasteiger partial charge in [-0.05, 0) is 36.9 Å². The highest BCUT2D eigenvalue weighted by molar-refractivity contribution is 5.28. The van der Waals surface area contributed by atoms with Crippen molar-refractivity contribution in [3.8, 4) is 0 Å². The summed E-state index contributed by atoms with van der Waals surface area (Å²) in [6.45, 7) is 9.71. The summed E-state index contributed by atoms with van der Waals surface area (Å²) in [5.41, 5.74) is 5.30. The Hall–Kier alpha value is -1.61. The number of likely N-dealkylation sites (N-methyl/N-ethyl adjacent to an activating group) is 1. The second-order valence-corrected chi connectivity index (χ2v) is 6.02. The Balaban J connectivity index is 2.18. The molecule has 1 heterocycles. The fraction of sp³-hybridized carbons (Fsp3) is 0.500. The molecule has 0 bridgehead atoms. The predicted octanol–water partition coefficient (Wildman–Crippen LogP) is 3.75. The number of benzene rings is 1. The summed E-state index contributed by atoms with van der Waals surface area (Å²) in [5.74, 6) is 0.587. The van der Waals surface area contributed by atoms with Crippen molar-refractivity contribution >= 4 is 0 Å². The summed E-state index contributed by atoms with van der Waals surface area (Å²) in [4.78, 5) is 0. The summed E-state index contributed by atoms with van der Waals surface area (Å²) >= 11 is 0. The zero-order valence-corrected chi connectivity index (χ0v) is 13.9. The third-order valence-electron chi connectivity index (χ3n) is 4.19. The van der Waals surface area contributed by atoms with Gasteiger partial charge in [0.05, 0.1) is 6.20 Å². The predicted molar refractivity (Wildman–Crippen MR) is 88.6 cm³/mol. The van der Waals surface area contributed by atoms with Crippen molar-refractivity contribution in [2.75, 3.05) is 6.54 Å². The first kappa shape index (κ1) is 15.8. The van der Waals surface area contributed by atoms with E-state index in [1.54, 1.807) is 0 Å². The van der Waals surface area contributed by atoms with E-state index in [2.05, 4.69) is 62.4 Å². The third kappa shape index (κ3) is 3.73. The number of nitrogens with one attached hydrogen (secondary N) is 1. The molecule has 2 rings (SSSR count). The molecule has 0 fully saturated rings. The van der Waals surface area contributed by atoms with E-state index >= 15 is 0 Å². The number of aryl methyl sites for hydroxylation is 1. The Bertz CT molecular complexity index is 567. The smallest absolute Gasteiger partial charge is 0.0540 e. The third-order valence-corrected chi connectivity index (χ3v) is 4.19. The van der Waals surface area contributed by atoms with Crippen LogP contribution in [0.2, 0.25) is 0 Å². The second-order valence-electron chi connectivity index (χ2n) is 6.02. The van der Waals surface area contributed by atoms with Gasteiger partial charge in [-0.15, -0.1) is 0 Å². The fourth-order valence-corrected chi connectivity index (χ4v) is 2.67. The van der Waals surface area contributed by atoms with Crippen LogP contribution in [0.3, 0.4) is 0 Å². The van der Waals surface area contributed by atoms with E-state index in [4.69, 9.17) is 0 Å². The first-order valence-electron chi connectivity index (χ1n) is 7.83. The Morgan fingerprint density at radius 1 is 1.19 bits per heavy atom. The van der Waals surface area contributed by atoms with Crippen LogP contribution in [-0.2, 0) is 13.5 Å². The molecule has 1 unspecified atom stereocenters. The molecule has 0 radical (unpaired) electrons. The van der Waals surface area contributed by atoms with E-state index in [1.807, 2.05) is 17.9 Å².